The highest BCUT2D eigenvalue weighted by Gasteiger charge is 2.30. The number of benzene rings is 1. The van der Waals surface area contributed by atoms with Gasteiger partial charge in [-0.2, -0.15) is 0 Å². The number of pyridine rings is 1. The molecule has 6 nitrogen and oxygen atoms in total. The summed E-state index contributed by atoms with van der Waals surface area (Å²) in [6.07, 6.45) is 1.05. The summed E-state index contributed by atoms with van der Waals surface area (Å²) in [5.41, 5.74) is 1.65. The lowest BCUT2D eigenvalue weighted by atomic mass is 10.1. The number of carbonyl (C=O) groups excluding carboxylic acids is 2. The van der Waals surface area contributed by atoms with Gasteiger partial charge in [0.05, 0.1) is 6.04 Å². The number of amides is 2. The van der Waals surface area contributed by atoms with Gasteiger partial charge in [0, 0.05) is 25.2 Å². The number of nitrogens with zero attached hydrogens (tertiary/aromatic N) is 1. The van der Waals surface area contributed by atoms with Crippen molar-refractivity contribution >= 4 is 11.8 Å². The average molecular weight is 367 g/mol. The van der Waals surface area contributed by atoms with E-state index >= 15 is 0 Å². The quantitative estimate of drug-likeness (QED) is 0.820. The minimum absolute atomic E-state index is 0.0281. The number of aromatic nitrogens is 1. The summed E-state index contributed by atoms with van der Waals surface area (Å²) in [7, 11) is 0. The molecule has 1 atom stereocenters. The molecule has 1 aliphatic heterocycles. The summed E-state index contributed by atoms with van der Waals surface area (Å²) in [4.78, 5) is 41.3. The Morgan fingerprint density at radius 1 is 1.19 bits per heavy atom. The van der Waals surface area contributed by atoms with Gasteiger partial charge in [0.1, 0.15) is 5.56 Å². The van der Waals surface area contributed by atoms with E-state index < -0.39 is 11.5 Å². The van der Waals surface area contributed by atoms with Gasteiger partial charge in [-0.3, -0.25) is 14.4 Å². The van der Waals surface area contributed by atoms with Gasteiger partial charge in [-0.1, -0.05) is 44.2 Å². The maximum Gasteiger partial charge on any atom is 0.261 e. The number of nitrogens with one attached hydrogen (secondary N) is 2. The number of likely N-dealkylation sites (tertiary alicyclic amines) is 1. The van der Waals surface area contributed by atoms with Gasteiger partial charge >= 0.3 is 0 Å². The fourth-order valence-corrected chi connectivity index (χ4v) is 3.26. The van der Waals surface area contributed by atoms with Crippen LogP contribution in [-0.4, -0.2) is 40.8 Å². The van der Waals surface area contributed by atoms with Crippen molar-refractivity contribution in [3.63, 3.8) is 0 Å². The van der Waals surface area contributed by atoms with Crippen LogP contribution in [-0.2, 0) is 11.2 Å². The predicted molar refractivity (Wildman–Crippen MR) is 104 cm³/mol. The molecule has 0 radical (unpaired) electrons. The molecule has 0 saturated carbocycles. The van der Waals surface area contributed by atoms with Crippen LogP contribution in [0.5, 0.6) is 0 Å². The summed E-state index contributed by atoms with van der Waals surface area (Å²) >= 11 is 0. The van der Waals surface area contributed by atoms with E-state index in [-0.39, 0.29) is 29.9 Å². The van der Waals surface area contributed by atoms with Crippen LogP contribution >= 0.6 is 0 Å². The molecular formula is C21H25N3O3. The van der Waals surface area contributed by atoms with Gasteiger partial charge in [-0.15, -0.1) is 0 Å². The molecule has 2 amide bonds. The Balaban J connectivity index is 1.58. The van der Waals surface area contributed by atoms with Crippen LogP contribution in [0.25, 0.3) is 0 Å². The van der Waals surface area contributed by atoms with Gasteiger partial charge in [0.2, 0.25) is 5.91 Å². The lowest BCUT2D eigenvalue weighted by Crippen LogP contribution is -2.39. The summed E-state index contributed by atoms with van der Waals surface area (Å²) in [6.45, 7) is 5.04. The molecule has 1 saturated heterocycles. The van der Waals surface area contributed by atoms with Crippen molar-refractivity contribution in [2.75, 3.05) is 13.1 Å². The largest absolute Gasteiger partial charge is 0.347 e. The van der Waals surface area contributed by atoms with E-state index in [1.165, 1.54) is 5.56 Å². The van der Waals surface area contributed by atoms with Crippen LogP contribution in [0.2, 0.25) is 0 Å². The molecule has 142 valence electrons. The zero-order valence-corrected chi connectivity index (χ0v) is 15.7. The number of rotatable bonds is 6. The monoisotopic (exact) mass is 367 g/mol. The highest BCUT2D eigenvalue weighted by Crippen LogP contribution is 2.14. The molecule has 6 heteroatoms. The topological polar surface area (TPSA) is 82.3 Å². The van der Waals surface area contributed by atoms with Crippen molar-refractivity contribution in [1.29, 1.82) is 0 Å². The highest BCUT2D eigenvalue weighted by molar-refractivity contribution is 5.94. The summed E-state index contributed by atoms with van der Waals surface area (Å²) < 4.78 is 0. The molecule has 2 aromatic rings. The highest BCUT2D eigenvalue weighted by atomic mass is 16.2. The fourth-order valence-electron chi connectivity index (χ4n) is 3.26. The molecule has 0 aliphatic carbocycles. The second-order valence-corrected chi connectivity index (χ2v) is 7.26. The third-order valence-corrected chi connectivity index (χ3v) is 4.86. The zero-order valence-electron chi connectivity index (χ0n) is 15.7. The first-order valence-corrected chi connectivity index (χ1v) is 9.30. The Labute approximate surface area is 158 Å². The zero-order chi connectivity index (χ0) is 19.4. The molecule has 0 spiro atoms. The maximum absolute atomic E-state index is 12.4. The molecule has 1 aromatic heterocycles. The molecular weight excluding hydrogens is 342 g/mol. The third kappa shape index (κ3) is 4.64. The molecule has 0 bridgehead atoms. The summed E-state index contributed by atoms with van der Waals surface area (Å²) in [5, 5.41) is 2.82. The Hall–Kier alpha value is -2.89. The third-order valence-electron chi connectivity index (χ3n) is 4.86. The SMILES string of the molecule is CC(C)c1ccc(C(=O)N[C@@H]2CC(=O)N(CCc3ccccc3)C2)c(=O)[nH]1. The Kier molecular flexibility index (Phi) is 5.74. The van der Waals surface area contributed by atoms with Crippen LogP contribution in [0.1, 0.15) is 47.8 Å². The number of H-pyrrole nitrogens is 1. The van der Waals surface area contributed by atoms with E-state index in [1.54, 1.807) is 17.0 Å². The number of aromatic amines is 1. The lowest BCUT2D eigenvalue weighted by Gasteiger charge is -2.17. The molecule has 27 heavy (non-hydrogen) atoms. The van der Waals surface area contributed by atoms with E-state index in [0.29, 0.717) is 13.1 Å². The van der Waals surface area contributed by atoms with Crippen LogP contribution in [0, 0.1) is 0 Å². The van der Waals surface area contributed by atoms with Crippen molar-refractivity contribution in [3.8, 4) is 0 Å². The van der Waals surface area contributed by atoms with E-state index in [1.807, 2.05) is 44.2 Å². The van der Waals surface area contributed by atoms with Gasteiger partial charge < -0.3 is 15.2 Å². The maximum atomic E-state index is 12.4. The van der Waals surface area contributed by atoms with Gasteiger partial charge in [0.25, 0.3) is 11.5 Å². The van der Waals surface area contributed by atoms with Crippen LogP contribution < -0.4 is 10.9 Å². The fraction of sp³-hybridized carbons (Fsp3) is 0.381. The normalized spacial score (nSPS) is 16.8. The minimum Gasteiger partial charge on any atom is -0.347 e. The first-order valence-electron chi connectivity index (χ1n) is 9.30. The standard InChI is InChI=1S/C21H25N3O3/c1-14(2)18-9-8-17(21(27)23-18)20(26)22-16-12-19(25)24(13-16)11-10-15-6-4-3-5-7-15/h3-9,14,16H,10-13H2,1-2H3,(H,22,26)(H,23,27)/t16-/m1/s1. The second-order valence-electron chi connectivity index (χ2n) is 7.26. The molecule has 2 heterocycles. The van der Waals surface area contributed by atoms with Crippen LogP contribution in [0.15, 0.2) is 47.3 Å². The van der Waals surface area contributed by atoms with Crippen molar-refractivity contribution in [3.05, 3.63) is 69.6 Å². The Morgan fingerprint density at radius 2 is 1.93 bits per heavy atom. The van der Waals surface area contributed by atoms with Crippen molar-refractivity contribution < 1.29 is 9.59 Å². The average Bonchev–Trinajstić information content (AvgIpc) is 2.99. The van der Waals surface area contributed by atoms with E-state index in [4.69, 9.17) is 0 Å². The predicted octanol–water partition coefficient (Wildman–Crippen LogP) is 2.07. The summed E-state index contributed by atoms with van der Waals surface area (Å²) in [6, 6.07) is 13.0. The van der Waals surface area contributed by atoms with Gasteiger partial charge in [-0.25, -0.2) is 0 Å². The number of hydrogen-bond donors (Lipinski definition) is 2. The van der Waals surface area contributed by atoms with E-state index in [9.17, 15) is 14.4 Å². The number of hydrogen-bond acceptors (Lipinski definition) is 3. The van der Waals surface area contributed by atoms with Crippen molar-refractivity contribution in [1.82, 2.24) is 15.2 Å². The van der Waals surface area contributed by atoms with Gasteiger partial charge in [-0.05, 0) is 30.0 Å². The molecule has 0 unspecified atom stereocenters. The molecule has 1 aliphatic rings. The Morgan fingerprint density at radius 3 is 2.59 bits per heavy atom. The second kappa shape index (κ2) is 8.20. The molecule has 1 fully saturated rings. The van der Waals surface area contributed by atoms with Crippen LogP contribution in [0.3, 0.4) is 0 Å². The lowest BCUT2D eigenvalue weighted by molar-refractivity contribution is -0.127. The molecule has 3 rings (SSSR count). The molecule has 2 N–H and O–H groups in total. The van der Waals surface area contributed by atoms with Crippen LogP contribution in [0.4, 0.5) is 0 Å². The Bertz CT molecular complexity index is 874. The summed E-state index contributed by atoms with van der Waals surface area (Å²) in [5.74, 6) is -0.227. The van der Waals surface area contributed by atoms with Gasteiger partial charge in [0.15, 0.2) is 0 Å². The minimum atomic E-state index is -0.436. The van der Waals surface area contributed by atoms with Crippen molar-refractivity contribution in [2.24, 2.45) is 0 Å². The van der Waals surface area contributed by atoms with E-state index in [0.717, 1.165) is 12.1 Å². The first-order chi connectivity index (χ1) is 12.9. The number of carbonyl (C=O) groups is 2. The smallest absolute Gasteiger partial charge is 0.261 e. The van der Waals surface area contributed by atoms with E-state index in [2.05, 4.69) is 10.3 Å². The molecule has 1 aromatic carbocycles. The first kappa shape index (κ1) is 18.9. The van der Waals surface area contributed by atoms with Crippen molar-refractivity contribution in [2.45, 2.75) is 38.6 Å².